The van der Waals surface area contributed by atoms with Crippen molar-refractivity contribution >= 4 is 17.2 Å². The van der Waals surface area contributed by atoms with Gasteiger partial charge in [0.15, 0.2) is 0 Å². The van der Waals surface area contributed by atoms with Crippen molar-refractivity contribution in [3.63, 3.8) is 0 Å². The standard InChI is InChI=1S/C12H15ClN2/c1-8(2)12-10(7-13)15-9(3)5-4-6-11(15)14-12/h4-6,8H,7H2,1-3H3. The number of rotatable bonds is 2. The number of hydrogen-bond acceptors (Lipinski definition) is 1. The van der Waals surface area contributed by atoms with E-state index >= 15 is 0 Å². The van der Waals surface area contributed by atoms with Gasteiger partial charge in [-0.2, -0.15) is 0 Å². The van der Waals surface area contributed by atoms with Crippen LogP contribution in [0.5, 0.6) is 0 Å². The van der Waals surface area contributed by atoms with Gasteiger partial charge in [0.1, 0.15) is 5.65 Å². The third-order valence-corrected chi connectivity index (χ3v) is 2.89. The maximum atomic E-state index is 6.01. The lowest BCUT2D eigenvalue weighted by Gasteiger charge is -2.05. The van der Waals surface area contributed by atoms with Crippen molar-refractivity contribution in [2.75, 3.05) is 0 Å². The third-order valence-electron chi connectivity index (χ3n) is 2.64. The second-order valence-electron chi connectivity index (χ2n) is 4.09. The molecule has 2 aromatic rings. The van der Waals surface area contributed by atoms with Crippen molar-refractivity contribution in [3.8, 4) is 0 Å². The number of hydrogen-bond donors (Lipinski definition) is 0. The molecule has 3 heteroatoms. The Morgan fingerprint density at radius 2 is 2.13 bits per heavy atom. The van der Waals surface area contributed by atoms with Crippen molar-refractivity contribution < 1.29 is 0 Å². The van der Waals surface area contributed by atoms with Crippen molar-refractivity contribution in [1.29, 1.82) is 0 Å². The van der Waals surface area contributed by atoms with Gasteiger partial charge in [-0.25, -0.2) is 4.98 Å². The first kappa shape index (κ1) is 10.5. The van der Waals surface area contributed by atoms with E-state index in [1.54, 1.807) is 0 Å². The minimum atomic E-state index is 0.415. The number of alkyl halides is 1. The summed E-state index contributed by atoms with van der Waals surface area (Å²) in [5.41, 5.74) is 4.41. The fraction of sp³-hybridized carbons (Fsp3) is 0.417. The minimum Gasteiger partial charge on any atom is -0.300 e. The fourth-order valence-corrected chi connectivity index (χ4v) is 2.19. The summed E-state index contributed by atoms with van der Waals surface area (Å²) in [4.78, 5) is 4.62. The highest BCUT2D eigenvalue weighted by Gasteiger charge is 2.14. The Bertz CT molecular complexity index is 486. The van der Waals surface area contributed by atoms with Gasteiger partial charge in [-0.15, -0.1) is 11.6 Å². The van der Waals surface area contributed by atoms with Gasteiger partial charge in [0, 0.05) is 5.69 Å². The van der Waals surface area contributed by atoms with Crippen LogP contribution in [0.3, 0.4) is 0 Å². The first-order valence-electron chi connectivity index (χ1n) is 5.18. The molecule has 0 aliphatic heterocycles. The van der Waals surface area contributed by atoms with Gasteiger partial charge in [0.05, 0.1) is 17.3 Å². The van der Waals surface area contributed by atoms with Crippen LogP contribution < -0.4 is 0 Å². The van der Waals surface area contributed by atoms with Crippen LogP contribution >= 0.6 is 11.6 Å². The summed E-state index contributed by atoms with van der Waals surface area (Å²) in [5, 5.41) is 0. The largest absolute Gasteiger partial charge is 0.300 e. The molecule has 2 heterocycles. The molecule has 0 aromatic carbocycles. The molecular weight excluding hydrogens is 208 g/mol. The number of aryl methyl sites for hydroxylation is 1. The molecule has 0 unspecified atom stereocenters. The van der Waals surface area contributed by atoms with E-state index in [1.807, 2.05) is 12.1 Å². The van der Waals surface area contributed by atoms with Crippen LogP contribution in [0.4, 0.5) is 0 Å². The van der Waals surface area contributed by atoms with E-state index in [2.05, 4.69) is 36.2 Å². The molecule has 0 saturated carbocycles. The van der Waals surface area contributed by atoms with E-state index in [-0.39, 0.29) is 0 Å². The Kier molecular flexibility index (Phi) is 2.70. The topological polar surface area (TPSA) is 17.3 Å². The van der Waals surface area contributed by atoms with E-state index < -0.39 is 0 Å². The van der Waals surface area contributed by atoms with Gasteiger partial charge in [-0.3, -0.25) is 4.40 Å². The van der Waals surface area contributed by atoms with Crippen LogP contribution in [0.15, 0.2) is 18.2 Å². The minimum absolute atomic E-state index is 0.415. The molecular formula is C12H15ClN2. The van der Waals surface area contributed by atoms with Crippen LogP contribution in [0, 0.1) is 6.92 Å². The van der Waals surface area contributed by atoms with Gasteiger partial charge in [0.2, 0.25) is 0 Å². The Morgan fingerprint density at radius 1 is 1.40 bits per heavy atom. The molecule has 80 valence electrons. The molecule has 0 fully saturated rings. The number of halogens is 1. The van der Waals surface area contributed by atoms with Gasteiger partial charge >= 0.3 is 0 Å². The van der Waals surface area contributed by atoms with Crippen LogP contribution in [0.2, 0.25) is 0 Å². The van der Waals surface area contributed by atoms with E-state index in [0.29, 0.717) is 11.8 Å². The molecule has 0 aliphatic rings. The van der Waals surface area contributed by atoms with Crippen LogP contribution in [-0.4, -0.2) is 9.38 Å². The van der Waals surface area contributed by atoms with Crippen LogP contribution in [0.25, 0.3) is 5.65 Å². The zero-order valence-electron chi connectivity index (χ0n) is 9.29. The molecule has 0 spiro atoms. The Hall–Kier alpha value is -1.02. The second kappa shape index (κ2) is 3.86. The van der Waals surface area contributed by atoms with Gasteiger partial charge in [0.25, 0.3) is 0 Å². The summed E-state index contributed by atoms with van der Waals surface area (Å²) in [7, 11) is 0. The lowest BCUT2D eigenvalue weighted by atomic mass is 10.1. The molecule has 0 bridgehead atoms. The highest BCUT2D eigenvalue weighted by atomic mass is 35.5. The van der Waals surface area contributed by atoms with E-state index in [9.17, 15) is 0 Å². The molecule has 0 radical (unpaired) electrons. The van der Waals surface area contributed by atoms with Crippen LogP contribution in [-0.2, 0) is 5.88 Å². The molecule has 0 aliphatic carbocycles. The number of pyridine rings is 1. The van der Waals surface area contributed by atoms with E-state index in [1.165, 1.54) is 5.69 Å². The molecule has 0 amide bonds. The van der Waals surface area contributed by atoms with Crippen molar-refractivity contribution in [2.45, 2.75) is 32.6 Å². The molecule has 2 rings (SSSR count). The molecule has 2 aromatic heterocycles. The number of fused-ring (bicyclic) bond motifs is 1. The smallest absolute Gasteiger partial charge is 0.137 e. The monoisotopic (exact) mass is 222 g/mol. The fourth-order valence-electron chi connectivity index (χ4n) is 1.93. The Balaban J connectivity index is 2.80. The van der Waals surface area contributed by atoms with Gasteiger partial charge in [-0.05, 0) is 25.0 Å². The number of imidazole rings is 1. The average molecular weight is 223 g/mol. The summed E-state index contributed by atoms with van der Waals surface area (Å²) in [6.07, 6.45) is 0. The maximum absolute atomic E-state index is 6.01. The highest BCUT2D eigenvalue weighted by molar-refractivity contribution is 6.17. The highest BCUT2D eigenvalue weighted by Crippen LogP contribution is 2.23. The van der Waals surface area contributed by atoms with Crippen molar-refractivity contribution in [3.05, 3.63) is 35.3 Å². The Labute approximate surface area is 94.9 Å². The molecule has 0 N–H and O–H groups in total. The van der Waals surface area contributed by atoms with Gasteiger partial charge < -0.3 is 0 Å². The molecule has 2 nitrogen and oxygen atoms in total. The second-order valence-corrected chi connectivity index (χ2v) is 4.36. The molecule has 15 heavy (non-hydrogen) atoms. The first-order valence-corrected chi connectivity index (χ1v) is 5.71. The zero-order chi connectivity index (χ0) is 11.0. The lowest BCUT2D eigenvalue weighted by molar-refractivity contribution is 0.816. The normalized spacial score (nSPS) is 11.5. The van der Waals surface area contributed by atoms with Crippen LogP contribution in [0.1, 0.15) is 36.8 Å². The third kappa shape index (κ3) is 1.63. The predicted molar refractivity (Wildman–Crippen MR) is 63.6 cm³/mol. The predicted octanol–water partition coefficient (Wildman–Crippen LogP) is 3.50. The quantitative estimate of drug-likeness (QED) is 0.711. The number of nitrogens with zero attached hydrogens (tertiary/aromatic N) is 2. The van der Waals surface area contributed by atoms with Crippen molar-refractivity contribution in [1.82, 2.24) is 9.38 Å². The SMILES string of the molecule is Cc1cccc2nc(C(C)C)c(CCl)n12. The average Bonchev–Trinajstić information content (AvgIpc) is 2.57. The molecule has 0 saturated heterocycles. The lowest BCUT2D eigenvalue weighted by Crippen LogP contribution is -1.98. The van der Waals surface area contributed by atoms with Crippen molar-refractivity contribution in [2.24, 2.45) is 0 Å². The summed E-state index contributed by atoms with van der Waals surface area (Å²) in [6, 6.07) is 6.13. The summed E-state index contributed by atoms with van der Waals surface area (Å²) in [6.45, 7) is 6.37. The zero-order valence-corrected chi connectivity index (χ0v) is 10.0. The summed E-state index contributed by atoms with van der Waals surface area (Å²) >= 11 is 6.01. The number of aromatic nitrogens is 2. The van der Waals surface area contributed by atoms with Gasteiger partial charge in [-0.1, -0.05) is 19.9 Å². The van der Waals surface area contributed by atoms with E-state index in [4.69, 9.17) is 11.6 Å². The molecule has 0 atom stereocenters. The summed E-state index contributed by atoms with van der Waals surface area (Å²) in [5.74, 6) is 0.928. The first-order chi connectivity index (χ1) is 7.15. The summed E-state index contributed by atoms with van der Waals surface area (Å²) < 4.78 is 2.14. The van der Waals surface area contributed by atoms with E-state index in [0.717, 1.165) is 17.0 Å². The maximum Gasteiger partial charge on any atom is 0.137 e. The Morgan fingerprint density at radius 3 is 2.73 bits per heavy atom.